The minimum absolute atomic E-state index is 0.717. The molecule has 0 spiro atoms. The molecule has 1 heterocycles. The molecule has 0 saturated carbocycles. The first-order valence-corrected chi connectivity index (χ1v) is 10.9. The van der Waals surface area contributed by atoms with Gasteiger partial charge in [-0.3, -0.25) is 0 Å². The van der Waals surface area contributed by atoms with Crippen molar-refractivity contribution < 1.29 is 0 Å². The normalized spacial score (nSPS) is 10.7. The van der Waals surface area contributed by atoms with Crippen LogP contribution in [0.5, 0.6) is 0 Å². The zero-order valence-corrected chi connectivity index (χ0v) is 18.3. The van der Waals surface area contributed by atoms with Crippen LogP contribution >= 0.6 is 15.9 Å². The quantitative estimate of drug-likeness (QED) is 0.271. The van der Waals surface area contributed by atoms with Crippen molar-refractivity contribution in [1.82, 2.24) is 9.97 Å². The Balaban J connectivity index is 1.88. The molecule has 0 N–H and O–H groups in total. The van der Waals surface area contributed by atoms with E-state index in [4.69, 9.17) is 9.97 Å². The molecule has 0 radical (unpaired) electrons. The summed E-state index contributed by atoms with van der Waals surface area (Å²) < 4.78 is 1.02. The third kappa shape index (κ3) is 4.05. The van der Waals surface area contributed by atoms with Crippen LogP contribution < -0.4 is 0 Å². The molecule has 0 unspecified atom stereocenters. The molecule has 0 saturated heterocycles. The maximum atomic E-state index is 5.08. The maximum absolute atomic E-state index is 5.08. The second kappa shape index (κ2) is 8.66. The molecule has 0 bridgehead atoms. The smallest absolute Gasteiger partial charge is 0.160 e. The van der Waals surface area contributed by atoms with Crippen LogP contribution in [0.3, 0.4) is 0 Å². The van der Waals surface area contributed by atoms with E-state index in [9.17, 15) is 0 Å². The second-order valence-corrected chi connectivity index (χ2v) is 8.14. The third-order valence-corrected chi connectivity index (χ3v) is 5.64. The van der Waals surface area contributed by atoms with Crippen molar-refractivity contribution in [1.29, 1.82) is 0 Å². The number of benzene rings is 4. The molecule has 0 aliphatic rings. The van der Waals surface area contributed by atoms with Gasteiger partial charge >= 0.3 is 0 Å². The highest BCUT2D eigenvalue weighted by molar-refractivity contribution is 9.10. The fraction of sp³-hybridized carbons (Fsp3) is 0. The van der Waals surface area contributed by atoms with E-state index < -0.39 is 0 Å². The van der Waals surface area contributed by atoms with Crippen LogP contribution in [0.4, 0.5) is 0 Å². The highest BCUT2D eigenvalue weighted by atomic mass is 79.9. The second-order valence-electron chi connectivity index (χ2n) is 7.23. The fourth-order valence-corrected chi connectivity index (χ4v) is 4.10. The predicted molar refractivity (Wildman–Crippen MR) is 131 cm³/mol. The van der Waals surface area contributed by atoms with Gasteiger partial charge in [-0.1, -0.05) is 119 Å². The van der Waals surface area contributed by atoms with Gasteiger partial charge in [0.25, 0.3) is 0 Å². The molecule has 31 heavy (non-hydrogen) atoms. The number of aromatic nitrogens is 2. The molecule has 0 amide bonds. The molecule has 0 aliphatic heterocycles. The van der Waals surface area contributed by atoms with Crippen LogP contribution in [0.1, 0.15) is 0 Å². The molecule has 4 aromatic carbocycles. The molecular weight excluding hydrogens is 444 g/mol. The van der Waals surface area contributed by atoms with E-state index in [-0.39, 0.29) is 0 Å². The van der Waals surface area contributed by atoms with E-state index in [1.54, 1.807) is 0 Å². The number of halogens is 1. The van der Waals surface area contributed by atoms with E-state index in [1.807, 2.05) is 54.6 Å². The lowest BCUT2D eigenvalue weighted by molar-refractivity contribution is 1.18. The van der Waals surface area contributed by atoms with Crippen molar-refractivity contribution in [3.05, 3.63) is 120 Å². The molecule has 148 valence electrons. The van der Waals surface area contributed by atoms with Crippen LogP contribution in [0.2, 0.25) is 0 Å². The molecule has 0 aliphatic carbocycles. The summed E-state index contributed by atoms with van der Waals surface area (Å²) in [6, 6.07) is 39.2. The van der Waals surface area contributed by atoms with Gasteiger partial charge in [0.05, 0.1) is 11.4 Å². The standard InChI is InChI=1S/C28H19BrN2/c29-24-18-10-17-23(19-24)27-25(20-11-4-1-5-12-20)26(21-13-6-2-7-14-21)30-28(31-27)22-15-8-3-9-16-22/h1-19H. The zero-order valence-electron chi connectivity index (χ0n) is 16.7. The monoisotopic (exact) mass is 462 g/mol. The van der Waals surface area contributed by atoms with Gasteiger partial charge in [-0.05, 0) is 17.7 Å². The Kier molecular flexibility index (Phi) is 5.42. The molecule has 3 heteroatoms. The summed E-state index contributed by atoms with van der Waals surface area (Å²) in [6.07, 6.45) is 0. The molecule has 1 aromatic heterocycles. The van der Waals surface area contributed by atoms with Gasteiger partial charge < -0.3 is 0 Å². The van der Waals surface area contributed by atoms with Gasteiger partial charge in [0.15, 0.2) is 5.82 Å². The van der Waals surface area contributed by atoms with Crippen molar-refractivity contribution >= 4 is 15.9 Å². The highest BCUT2D eigenvalue weighted by Crippen LogP contribution is 2.39. The first-order valence-electron chi connectivity index (χ1n) is 10.1. The first-order chi connectivity index (χ1) is 15.3. The minimum atomic E-state index is 0.717. The molecular formula is C28H19BrN2. The van der Waals surface area contributed by atoms with E-state index >= 15 is 0 Å². The topological polar surface area (TPSA) is 25.8 Å². The Labute approximate surface area is 190 Å². The molecule has 5 aromatic rings. The van der Waals surface area contributed by atoms with Crippen LogP contribution in [0.25, 0.3) is 45.0 Å². The summed E-state index contributed by atoms with van der Waals surface area (Å²) in [4.78, 5) is 10.2. The first kappa shape index (κ1) is 19.4. The SMILES string of the molecule is Brc1cccc(-c2nc(-c3ccccc3)nc(-c3ccccc3)c2-c2ccccc2)c1. The van der Waals surface area contributed by atoms with Crippen LogP contribution in [0, 0.1) is 0 Å². The number of hydrogen-bond acceptors (Lipinski definition) is 2. The van der Waals surface area contributed by atoms with E-state index in [1.165, 1.54) is 0 Å². The van der Waals surface area contributed by atoms with Crippen molar-refractivity contribution in [2.24, 2.45) is 0 Å². The molecule has 2 nitrogen and oxygen atoms in total. The highest BCUT2D eigenvalue weighted by Gasteiger charge is 2.19. The predicted octanol–water partition coefficient (Wildman–Crippen LogP) is 7.91. The average Bonchev–Trinajstić information content (AvgIpc) is 2.85. The third-order valence-electron chi connectivity index (χ3n) is 5.15. The number of rotatable bonds is 4. The Hall–Kier alpha value is -3.56. The van der Waals surface area contributed by atoms with Crippen LogP contribution in [0.15, 0.2) is 120 Å². The fourth-order valence-electron chi connectivity index (χ4n) is 3.70. The number of hydrogen-bond donors (Lipinski definition) is 0. The Bertz CT molecular complexity index is 1320. The van der Waals surface area contributed by atoms with Gasteiger partial charge in [0, 0.05) is 26.7 Å². The van der Waals surface area contributed by atoms with E-state index in [2.05, 4.69) is 76.6 Å². The summed E-state index contributed by atoms with van der Waals surface area (Å²) in [7, 11) is 0. The lowest BCUT2D eigenvalue weighted by Crippen LogP contribution is -2.00. The van der Waals surface area contributed by atoms with Crippen molar-refractivity contribution in [3.63, 3.8) is 0 Å². The Morgan fingerprint density at radius 1 is 0.452 bits per heavy atom. The minimum Gasteiger partial charge on any atom is -0.227 e. The Morgan fingerprint density at radius 2 is 0.935 bits per heavy atom. The summed E-state index contributed by atoms with van der Waals surface area (Å²) >= 11 is 3.62. The van der Waals surface area contributed by atoms with Crippen molar-refractivity contribution in [3.8, 4) is 45.0 Å². The largest absolute Gasteiger partial charge is 0.227 e. The van der Waals surface area contributed by atoms with Gasteiger partial charge in [-0.15, -0.1) is 0 Å². The number of nitrogens with zero attached hydrogens (tertiary/aromatic N) is 2. The Morgan fingerprint density at radius 3 is 1.52 bits per heavy atom. The lowest BCUT2D eigenvalue weighted by atomic mass is 9.94. The average molecular weight is 463 g/mol. The molecule has 0 fully saturated rings. The maximum Gasteiger partial charge on any atom is 0.160 e. The van der Waals surface area contributed by atoms with Gasteiger partial charge in [-0.25, -0.2) is 9.97 Å². The summed E-state index contributed by atoms with van der Waals surface area (Å²) in [5.74, 6) is 0.717. The van der Waals surface area contributed by atoms with E-state index in [0.717, 1.165) is 43.7 Å². The van der Waals surface area contributed by atoms with Crippen molar-refractivity contribution in [2.45, 2.75) is 0 Å². The van der Waals surface area contributed by atoms with E-state index in [0.29, 0.717) is 5.82 Å². The molecule has 5 rings (SSSR count). The van der Waals surface area contributed by atoms with Gasteiger partial charge in [0.2, 0.25) is 0 Å². The molecule has 0 atom stereocenters. The van der Waals surface area contributed by atoms with Crippen LogP contribution in [-0.4, -0.2) is 9.97 Å². The zero-order chi connectivity index (χ0) is 21.0. The lowest BCUT2D eigenvalue weighted by Gasteiger charge is -2.17. The summed E-state index contributed by atoms with van der Waals surface area (Å²) in [5, 5.41) is 0. The van der Waals surface area contributed by atoms with Gasteiger partial charge in [0.1, 0.15) is 0 Å². The summed E-state index contributed by atoms with van der Waals surface area (Å²) in [5.41, 5.74) is 7.08. The summed E-state index contributed by atoms with van der Waals surface area (Å²) in [6.45, 7) is 0. The van der Waals surface area contributed by atoms with Gasteiger partial charge in [-0.2, -0.15) is 0 Å². The van der Waals surface area contributed by atoms with Crippen molar-refractivity contribution in [2.75, 3.05) is 0 Å². The van der Waals surface area contributed by atoms with Crippen LogP contribution in [-0.2, 0) is 0 Å².